The van der Waals surface area contributed by atoms with Crippen molar-refractivity contribution in [1.29, 1.82) is 0 Å². The van der Waals surface area contributed by atoms with Gasteiger partial charge < -0.3 is 5.32 Å². The van der Waals surface area contributed by atoms with Gasteiger partial charge in [0.25, 0.3) is 5.56 Å². The van der Waals surface area contributed by atoms with Crippen molar-refractivity contribution in [3.8, 4) is 5.69 Å². The van der Waals surface area contributed by atoms with Gasteiger partial charge in [0, 0.05) is 6.04 Å². The van der Waals surface area contributed by atoms with E-state index in [1.165, 1.54) is 15.9 Å². The summed E-state index contributed by atoms with van der Waals surface area (Å²) < 4.78 is 2.99. The van der Waals surface area contributed by atoms with Crippen LogP contribution in [0, 0.1) is 13.8 Å². The minimum Gasteiger partial charge on any atom is -0.352 e. The third kappa shape index (κ3) is 3.22. The number of hydrogen-bond acceptors (Lipinski definition) is 4. The zero-order valence-electron chi connectivity index (χ0n) is 15.2. The van der Waals surface area contributed by atoms with E-state index in [1.807, 2.05) is 39.8 Å². The summed E-state index contributed by atoms with van der Waals surface area (Å²) in [5.74, 6) is -0.263. The molecule has 26 heavy (non-hydrogen) atoms. The summed E-state index contributed by atoms with van der Waals surface area (Å²) in [6.45, 7) is 7.41. The summed E-state index contributed by atoms with van der Waals surface area (Å²) in [5.41, 5.74) is 2.05. The van der Waals surface area contributed by atoms with Gasteiger partial charge in [0.05, 0.1) is 11.2 Å². The van der Waals surface area contributed by atoms with Crippen molar-refractivity contribution in [2.24, 2.45) is 0 Å². The van der Waals surface area contributed by atoms with Crippen molar-refractivity contribution in [2.75, 3.05) is 0 Å². The van der Waals surface area contributed by atoms with Crippen LogP contribution in [0.5, 0.6) is 0 Å². The van der Waals surface area contributed by atoms with E-state index in [4.69, 9.17) is 0 Å². The molecule has 3 rings (SSSR count). The first-order valence-electron chi connectivity index (χ1n) is 8.39. The van der Waals surface area contributed by atoms with Gasteiger partial charge >= 0.3 is 5.69 Å². The molecule has 0 spiro atoms. The summed E-state index contributed by atoms with van der Waals surface area (Å²) in [5, 5.41) is 4.54. The Morgan fingerprint density at radius 2 is 1.92 bits per heavy atom. The Hall–Kier alpha value is -2.67. The van der Waals surface area contributed by atoms with Crippen molar-refractivity contribution in [3.05, 3.63) is 61.6 Å². The summed E-state index contributed by atoms with van der Waals surface area (Å²) in [7, 11) is 0. The van der Waals surface area contributed by atoms with Crippen LogP contribution in [0.15, 0.2) is 39.2 Å². The second kappa shape index (κ2) is 6.92. The van der Waals surface area contributed by atoms with Gasteiger partial charge in [-0.15, -0.1) is 11.3 Å². The molecule has 3 aromatic rings. The molecule has 0 aliphatic carbocycles. The number of rotatable bonds is 4. The number of aryl methyl sites for hydroxylation is 2. The summed E-state index contributed by atoms with van der Waals surface area (Å²) in [6.07, 6.45) is 0. The quantitative estimate of drug-likeness (QED) is 0.765. The molecular formula is C19H21N3O3S. The van der Waals surface area contributed by atoms with Crippen molar-refractivity contribution < 1.29 is 4.79 Å². The maximum atomic E-state index is 13.1. The molecule has 0 aliphatic heterocycles. The van der Waals surface area contributed by atoms with E-state index >= 15 is 0 Å². The van der Waals surface area contributed by atoms with Crippen LogP contribution < -0.4 is 16.6 Å². The van der Waals surface area contributed by atoms with E-state index < -0.39 is 5.69 Å². The molecule has 136 valence electrons. The van der Waals surface area contributed by atoms with Crippen molar-refractivity contribution in [2.45, 2.75) is 40.3 Å². The van der Waals surface area contributed by atoms with Crippen LogP contribution in [0.3, 0.4) is 0 Å². The minimum absolute atomic E-state index is 0.0265. The van der Waals surface area contributed by atoms with Crippen LogP contribution in [-0.2, 0) is 11.3 Å². The zero-order chi connectivity index (χ0) is 19.0. The molecule has 2 heterocycles. The number of hydrogen-bond donors (Lipinski definition) is 1. The monoisotopic (exact) mass is 371 g/mol. The highest BCUT2D eigenvalue weighted by atomic mass is 32.1. The van der Waals surface area contributed by atoms with Gasteiger partial charge in [-0.1, -0.05) is 17.7 Å². The molecule has 7 heteroatoms. The molecule has 0 atom stereocenters. The Balaban J connectivity index is 2.26. The normalized spacial score (nSPS) is 11.3. The van der Waals surface area contributed by atoms with Gasteiger partial charge in [0.15, 0.2) is 0 Å². The third-order valence-corrected chi connectivity index (χ3v) is 4.99. The van der Waals surface area contributed by atoms with E-state index in [0.29, 0.717) is 15.9 Å². The summed E-state index contributed by atoms with van der Waals surface area (Å²) in [6, 6.07) is 7.24. The third-order valence-electron chi connectivity index (χ3n) is 4.10. The summed E-state index contributed by atoms with van der Waals surface area (Å²) in [4.78, 5) is 38.3. The average molecular weight is 371 g/mol. The Morgan fingerprint density at radius 1 is 1.19 bits per heavy atom. The zero-order valence-corrected chi connectivity index (χ0v) is 16.0. The molecule has 6 nitrogen and oxygen atoms in total. The van der Waals surface area contributed by atoms with Crippen LogP contribution in [0.4, 0.5) is 0 Å². The van der Waals surface area contributed by atoms with Gasteiger partial charge in [-0.25, -0.2) is 9.36 Å². The van der Waals surface area contributed by atoms with Gasteiger partial charge in [-0.3, -0.25) is 14.2 Å². The Kier molecular flexibility index (Phi) is 4.82. The van der Waals surface area contributed by atoms with Crippen LogP contribution in [-0.4, -0.2) is 21.1 Å². The molecule has 0 aliphatic rings. The number of aromatic nitrogens is 2. The topological polar surface area (TPSA) is 73.1 Å². The molecule has 0 fully saturated rings. The van der Waals surface area contributed by atoms with Gasteiger partial charge in [0.2, 0.25) is 5.91 Å². The van der Waals surface area contributed by atoms with Gasteiger partial charge in [-0.2, -0.15) is 0 Å². The highest BCUT2D eigenvalue weighted by Gasteiger charge is 2.18. The first-order valence-corrected chi connectivity index (χ1v) is 9.27. The molecule has 0 saturated heterocycles. The first kappa shape index (κ1) is 18.1. The number of carbonyl (C=O) groups excluding carboxylic acids is 1. The fraction of sp³-hybridized carbons (Fsp3) is 0.316. The highest BCUT2D eigenvalue weighted by Crippen LogP contribution is 2.18. The number of thiophene rings is 1. The van der Waals surface area contributed by atoms with E-state index in [9.17, 15) is 14.4 Å². The molecule has 1 N–H and O–H groups in total. The lowest BCUT2D eigenvalue weighted by atomic mass is 10.1. The van der Waals surface area contributed by atoms with E-state index in [-0.39, 0.29) is 24.1 Å². The van der Waals surface area contributed by atoms with Crippen molar-refractivity contribution in [3.63, 3.8) is 0 Å². The van der Waals surface area contributed by atoms with E-state index in [1.54, 1.807) is 17.5 Å². The van der Waals surface area contributed by atoms with E-state index in [2.05, 4.69) is 5.32 Å². The second-order valence-corrected chi connectivity index (χ2v) is 7.57. The molecule has 1 aromatic carbocycles. The Morgan fingerprint density at radius 3 is 2.58 bits per heavy atom. The van der Waals surface area contributed by atoms with Crippen LogP contribution in [0.1, 0.15) is 25.0 Å². The number of benzene rings is 1. The number of nitrogens with one attached hydrogen (secondary N) is 1. The second-order valence-electron chi connectivity index (χ2n) is 6.66. The van der Waals surface area contributed by atoms with Crippen molar-refractivity contribution in [1.82, 2.24) is 14.5 Å². The maximum Gasteiger partial charge on any atom is 0.336 e. The molecule has 0 bridgehead atoms. The SMILES string of the molecule is Cc1ccc(-n2c(=O)c3sccc3n(CC(=O)NC(C)C)c2=O)c(C)c1. The molecule has 0 radical (unpaired) electrons. The fourth-order valence-electron chi connectivity index (χ4n) is 3.02. The lowest BCUT2D eigenvalue weighted by Crippen LogP contribution is -2.42. The van der Waals surface area contributed by atoms with Crippen LogP contribution in [0.2, 0.25) is 0 Å². The van der Waals surface area contributed by atoms with Crippen LogP contribution in [0.25, 0.3) is 15.9 Å². The number of amides is 1. The largest absolute Gasteiger partial charge is 0.352 e. The smallest absolute Gasteiger partial charge is 0.336 e. The number of carbonyl (C=O) groups is 1. The van der Waals surface area contributed by atoms with Gasteiger partial charge in [-0.05, 0) is 50.8 Å². The standard InChI is InChI=1S/C19H21N3O3S/c1-11(2)20-16(23)10-21-15-7-8-26-17(15)18(24)22(19(21)25)14-6-5-12(3)9-13(14)4/h5-9,11H,10H2,1-4H3,(H,20,23). The number of fused-ring (bicyclic) bond motifs is 1. The number of nitrogens with zero attached hydrogens (tertiary/aromatic N) is 2. The molecule has 1 amide bonds. The Labute approximate surface area is 154 Å². The molecular weight excluding hydrogens is 350 g/mol. The van der Waals surface area contributed by atoms with Gasteiger partial charge in [0.1, 0.15) is 11.2 Å². The Bertz CT molecular complexity index is 1110. The van der Waals surface area contributed by atoms with Crippen molar-refractivity contribution >= 4 is 27.5 Å². The predicted octanol–water partition coefficient (Wildman–Crippen LogP) is 2.36. The minimum atomic E-state index is -0.508. The molecule has 0 unspecified atom stereocenters. The van der Waals surface area contributed by atoms with Crippen LogP contribution >= 0.6 is 11.3 Å². The summed E-state index contributed by atoms with van der Waals surface area (Å²) >= 11 is 1.27. The molecule has 0 saturated carbocycles. The highest BCUT2D eigenvalue weighted by molar-refractivity contribution is 7.17. The predicted molar refractivity (Wildman–Crippen MR) is 104 cm³/mol. The lowest BCUT2D eigenvalue weighted by Gasteiger charge is -2.15. The lowest BCUT2D eigenvalue weighted by molar-refractivity contribution is -0.122. The molecule has 2 aromatic heterocycles. The fourth-order valence-corrected chi connectivity index (χ4v) is 3.84. The van der Waals surface area contributed by atoms with E-state index in [0.717, 1.165) is 15.7 Å². The maximum absolute atomic E-state index is 13.1. The average Bonchev–Trinajstić information content (AvgIpc) is 3.02. The first-order chi connectivity index (χ1) is 12.3.